The lowest BCUT2D eigenvalue weighted by molar-refractivity contribution is -0.220. The van der Waals surface area contributed by atoms with Crippen molar-refractivity contribution in [1.29, 1.82) is 0 Å². The van der Waals surface area contributed by atoms with E-state index in [1.807, 2.05) is 30.4 Å². The zero-order chi connectivity index (χ0) is 46.7. The Hall–Kier alpha value is -3.05. The lowest BCUT2D eigenvalue weighted by Crippen LogP contribution is -2.64. The molecule has 0 heterocycles. The Kier molecular flexibility index (Phi) is 33.3. The van der Waals surface area contributed by atoms with Gasteiger partial charge in [0.2, 0.25) is 0 Å². The van der Waals surface area contributed by atoms with Crippen molar-refractivity contribution in [3.63, 3.8) is 0 Å². The van der Waals surface area contributed by atoms with Gasteiger partial charge in [0.1, 0.15) is 43.2 Å². The van der Waals surface area contributed by atoms with Crippen LogP contribution in [-0.4, -0.2) is 121 Å². The third kappa shape index (κ3) is 28.5. The van der Waals surface area contributed by atoms with E-state index in [9.17, 15) is 54.8 Å². The molecule has 0 aromatic rings. The molecule has 63 heavy (non-hydrogen) atoms. The van der Waals surface area contributed by atoms with E-state index in [1.165, 1.54) is 19.3 Å². The van der Waals surface area contributed by atoms with Crippen LogP contribution in [-0.2, 0) is 32.7 Å². The van der Waals surface area contributed by atoms with Gasteiger partial charge < -0.3 is 50.1 Å². The molecule has 8 N–H and O–H groups in total. The predicted molar refractivity (Wildman–Crippen MR) is 242 cm³/mol. The average molecular weight is 913 g/mol. The van der Waals surface area contributed by atoms with Gasteiger partial charge in [-0.3, -0.25) is 18.6 Å². The number of rotatable bonds is 35. The first-order valence-electron chi connectivity index (χ1n) is 22.6. The van der Waals surface area contributed by atoms with Crippen LogP contribution in [0.25, 0.3) is 0 Å². The molecule has 0 bridgehead atoms. The summed E-state index contributed by atoms with van der Waals surface area (Å²) in [4.78, 5) is 35.7. The smallest absolute Gasteiger partial charge is 0.462 e. The van der Waals surface area contributed by atoms with E-state index in [0.717, 1.165) is 44.9 Å². The lowest BCUT2D eigenvalue weighted by atomic mass is 9.85. The van der Waals surface area contributed by atoms with Crippen molar-refractivity contribution in [2.45, 2.75) is 184 Å². The van der Waals surface area contributed by atoms with Gasteiger partial charge in [-0.2, -0.15) is 0 Å². The Morgan fingerprint density at radius 3 is 1.59 bits per heavy atom. The maximum absolute atomic E-state index is 12.8. The Bertz CT molecular complexity index is 1460. The van der Waals surface area contributed by atoms with Crippen LogP contribution < -0.4 is 0 Å². The van der Waals surface area contributed by atoms with Crippen molar-refractivity contribution >= 4 is 19.8 Å². The molecule has 3 unspecified atom stereocenters. The summed E-state index contributed by atoms with van der Waals surface area (Å²) in [6.07, 6.45) is 25.1. The minimum atomic E-state index is -5.20. The monoisotopic (exact) mass is 913 g/mol. The first-order chi connectivity index (χ1) is 30.2. The number of allylic oxidation sites excluding steroid dienone is 13. The van der Waals surface area contributed by atoms with Gasteiger partial charge >= 0.3 is 19.8 Å². The van der Waals surface area contributed by atoms with Crippen LogP contribution in [0.4, 0.5) is 0 Å². The van der Waals surface area contributed by atoms with Gasteiger partial charge in [0.05, 0.1) is 18.8 Å². The summed E-state index contributed by atoms with van der Waals surface area (Å²) in [5, 5.41) is 70.8. The quantitative estimate of drug-likeness (QED) is 0.0148. The number of ether oxygens (including phenoxy) is 2. The van der Waals surface area contributed by atoms with Crippen molar-refractivity contribution in [1.82, 2.24) is 0 Å². The Balaban J connectivity index is 2.62. The van der Waals surface area contributed by atoms with Crippen LogP contribution in [0.2, 0.25) is 0 Å². The van der Waals surface area contributed by atoms with Crippen LogP contribution in [0.5, 0.6) is 0 Å². The summed E-state index contributed by atoms with van der Waals surface area (Å²) in [5.41, 5.74) is 0. The Morgan fingerprint density at radius 1 is 0.571 bits per heavy atom. The van der Waals surface area contributed by atoms with Crippen LogP contribution in [0.15, 0.2) is 85.1 Å². The van der Waals surface area contributed by atoms with Gasteiger partial charge in [0.25, 0.3) is 0 Å². The average Bonchev–Trinajstić information content (AvgIpc) is 3.26. The molecule has 0 aromatic heterocycles. The highest BCUT2D eigenvalue weighted by molar-refractivity contribution is 7.47. The molecule has 360 valence electrons. The number of aliphatic hydroxyl groups is 7. The Morgan fingerprint density at radius 2 is 1.05 bits per heavy atom. The lowest BCUT2D eigenvalue weighted by Gasteiger charge is -2.41. The highest BCUT2D eigenvalue weighted by atomic mass is 31.2. The third-order valence-electron chi connectivity index (χ3n) is 9.92. The van der Waals surface area contributed by atoms with E-state index in [2.05, 4.69) is 62.5 Å². The fourth-order valence-electron chi connectivity index (χ4n) is 6.14. The largest absolute Gasteiger partial charge is 0.472 e. The number of hydrogen-bond donors (Lipinski definition) is 8. The number of aliphatic hydroxyl groups excluding tert-OH is 7. The van der Waals surface area contributed by atoms with Crippen molar-refractivity contribution in [3.8, 4) is 0 Å². The molecule has 1 fully saturated rings. The first-order valence-corrected chi connectivity index (χ1v) is 24.1. The van der Waals surface area contributed by atoms with E-state index < -0.39 is 87.9 Å². The van der Waals surface area contributed by atoms with Crippen LogP contribution in [0.1, 0.15) is 129 Å². The second kappa shape index (κ2) is 36.2. The minimum absolute atomic E-state index is 0.0181. The normalized spacial score (nSPS) is 23.5. The first kappa shape index (κ1) is 58.0. The van der Waals surface area contributed by atoms with Gasteiger partial charge in [-0.15, -0.1) is 0 Å². The summed E-state index contributed by atoms with van der Waals surface area (Å²) in [5.74, 6) is -1.44. The fraction of sp³-hybridized carbons (Fsp3) is 0.660. The molecule has 16 heteroatoms. The summed E-state index contributed by atoms with van der Waals surface area (Å²) >= 11 is 0. The van der Waals surface area contributed by atoms with Gasteiger partial charge in [-0.1, -0.05) is 112 Å². The van der Waals surface area contributed by atoms with Crippen LogP contribution in [0.3, 0.4) is 0 Å². The number of esters is 2. The molecule has 1 aliphatic rings. The maximum Gasteiger partial charge on any atom is 0.472 e. The van der Waals surface area contributed by atoms with Gasteiger partial charge in [0.15, 0.2) is 6.10 Å². The molecule has 0 aliphatic heterocycles. The summed E-state index contributed by atoms with van der Waals surface area (Å²) in [7, 11) is -5.20. The highest BCUT2D eigenvalue weighted by Gasteiger charge is 2.51. The molecule has 0 amide bonds. The molecular formula is C47H77O15P. The maximum atomic E-state index is 12.8. The van der Waals surface area contributed by atoms with Gasteiger partial charge in [-0.25, -0.2) is 4.57 Å². The summed E-state index contributed by atoms with van der Waals surface area (Å²) in [6.45, 7) is 2.85. The zero-order valence-corrected chi connectivity index (χ0v) is 38.2. The van der Waals surface area contributed by atoms with E-state index in [0.29, 0.717) is 19.3 Å². The molecule has 0 saturated heterocycles. The number of carbonyl (C=O) groups excluding carboxylic acids is 2. The second-order valence-electron chi connectivity index (χ2n) is 15.5. The topological polar surface area (TPSA) is 250 Å². The van der Waals surface area contributed by atoms with Crippen molar-refractivity contribution in [2.75, 3.05) is 13.2 Å². The van der Waals surface area contributed by atoms with E-state index in [1.54, 1.807) is 6.08 Å². The standard InChI is InChI=1S/C47H77O15P/c1-3-5-7-9-11-13-15-17-18-19-21-23-25-27-29-33-41(51)61-37(36-60-63(57,58)62-47-45(55)43(53)42(52)44(54)46(47)56)35-59-40(50)34-30-32-39(49)38(48)31-28-26-24-22-20-16-14-12-10-8-6-4-2/h6,8,11-14,17-18,20-23,26,28,37-39,42-49,52-56H,3-5,7,9-10,15-16,19,24-25,27,29-36H2,1-2H3,(H,57,58)/b8-6-,13-11-,14-12-,18-17-,22-20-,23-21-,28-26-/t37-,38+,39+,42?,43-,44+,45-,46-,47?/m1/s1. The third-order valence-corrected chi connectivity index (χ3v) is 10.9. The van der Waals surface area contributed by atoms with Crippen LogP contribution >= 0.6 is 7.82 Å². The molecule has 10 atom stereocenters. The number of unbranched alkanes of at least 4 members (excludes halogenated alkanes) is 5. The van der Waals surface area contributed by atoms with E-state index >= 15 is 0 Å². The SMILES string of the molecule is CC/C=C\C/C=C\C/C=C\C/C=C\C[C@H](O)[C@@H](O)CCCC(=O)OC[C@H](COP(=O)(O)OC1[C@H](O)[C@H](O)C(O)[C@H](O)[C@H]1O)OC(=O)CCCC/C=C\C/C=C\C/C=C\CCCCC. The molecule has 0 radical (unpaired) electrons. The fourth-order valence-corrected chi connectivity index (χ4v) is 7.12. The number of phosphoric ester groups is 1. The summed E-state index contributed by atoms with van der Waals surface area (Å²) in [6, 6.07) is 0. The van der Waals surface area contributed by atoms with E-state index in [-0.39, 0.29) is 32.1 Å². The zero-order valence-electron chi connectivity index (χ0n) is 37.3. The molecular weight excluding hydrogens is 835 g/mol. The molecule has 0 aromatic carbocycles. The van der Waals surface area contributed by atoms with Crippen LogP contribution in [0, 0.1) is 0 Å². The minimum Gasteiger partial charge on any atom is -0.462 e. The van der Waals surface area contributed by atoms with Crippen molar-refractivity contribution in [3.05, 3.63) is 85.1 Å². The molecule has 1 rings (SSSR count). The van der Waals surface area contributed by atoms with Gasteiger partial charge in [0, 0.05) is 12.8 Å². The molecule has 0 spiro atoms. The highest BCUT2D eigenvalue weighted by Crippen LogP contribution is 2.47. The van der Waals surface area contributed by atoms with Crippen molar-refractivity contribution in [2.24, 2.45) is 0 Å². The number of hydrogen-bond acceptors (Lipinski definition) is 14. The molecule has 1 saturated carbocycles. The second-order valence-corrected chi connectivity index (χ2v) is 16.9. The number of carbonyl (C=O) groups is 2. The summed E-state index contributed by atoms with van der Waals surface area (Å²) < 4.78 is 33.3. The molecule has 15 nitrogen and oxygen atoms in total. The van der Waals surface area contributed by atoms with Crippen molar-refractivity contribution < 1.29 is 73.3 Å². The number of phosphoric acid groups is 1. The van der Waals surface area contributed by atoms with E-state index in [4.69, 9.17) is 18.5 Å². The van der Waals surface area contributed by atoms with Gasteiger partial charge in [-0.05, 0) is 89.9 Å². The predicted octanol–water partition coefficient (Wildman–Crippen LogP) is 6.44. The molecule has 1 aliphatic carbocycles. The Labute approximate surface area is 374 Å².